The molecule has 3 atom stereocenters. The minimum absolute atomic E-state index is 0.496. The third kappa shape index (κ3) is 4.75. The molecule has 144 valence electrons. The SMILES string of the molecule is CN1CC[C@@H](CN[C@@H]2CCCN(Cc3ccccc3)C2)[C@@H]1c1cccnc1. The van der Waals surface area contributed by atoms with Crippen molar-refractivity contribution in [2.75, 3.05) is 33.2 Å². The normalized spacial score (nSPS) is 27.1. The third-order valence-corrected chi connectivity index (χ3v) is 6.22. The quantitative estimate of drug-likeness (QED) is 0.852. The number of likely N-dealkylation sites (tertiary alicyclic amines) is 2. The van der Waals surface area contributed by atoms with Crippen molar-refractivity contribution in [1.29, 1.82) is 0 Å². The summed E-state index contributed by atoms with van der Waals surface area (Å²) < 4.78 is 0. The van der Waals surface area contributed by atoms with Gasteiger partial charge in [-0.25, -0.2) is 0 Å². The van der Waals surface area contributed by atoms with E-state index < -0.39 is 0 Å². The molecule has 0 amide bonds. The maximum atomic E-state index is 4.34. The Morgan fingerprint density at radius 2 is 1.96 bits per heavy atom. The standard InChI is InChI=1S/C23H32N4/c1-26-14-11-21(23(26)20-9-5-12-24-15-20)16-25-22-10-6-13-27(18-22)17-19-7-3-2-4-8-19/h2-5,7-9,12,15,21-23,25H,6,10-11,13-14,16-18H2,1H3/t21-,22+,23-/m0/s1. The van der Waals surface area contributed by atoms with Crippen molar-refractivity contribution in [3.63, 3.8) is 0 Å². The summed E-state index contributed by atoms with van der Waals surface area (Å²) in [7, 11) is 2.25. The Hall–Kier alpha value is -1.75. The first kappa shape index (κ1) is 18.6. The third-order valence-electron chi connectivity index (χ3n) is 6.22. The maximum absolute atomic E-state index is 4.34. The summed E-state index contributed by atoms with van der Waals surface area (Å²) in [4.78, 5) is 9.44. The van der Waals surface area contributed by atoms with Crippen LogP contribution in [0.2, 0.25) is 0 Å². The van der Waals surface area contributed by atoms with Crippen molar-refractivity contribution in [1.82, 2.24) is 20.1 Å². The maximum Gasteiger partial charge on any atom is 0.0401 e. The van der Waals surface area contributed by atoms with Crippen LogP contribution in [0.3, 0.4) is 0 Å². The van der Waals surface area contributed by atoms with Crippen molar-refractivity contribution in [2.45, 2.75) is 37.9 Å². The molecule has 0 saturated carbocycles. The number of benzene rings is 1. The van der Waals surface area contributed by atoms with Crippen LogP contribution in [0.15, 0.2) is 54.9 Å². The monoisotopic (exact) mass is 364 g/mol. The lowest BCUT2D eigenvalue weighted by Gasteiger charge is -2.34. The molecule has 4 nitrogen and oxygen atoms in total. The summed E-state index contributed by atoms with van der Waals surface area (Å²) in [6.07, 6.45) is 7.77. The number of pyridine rings is 1. The lowest BCUT2D eigenvalue weighted by atomic mass is 9.94. The molecule has 1 aromatic carbocycles. The van der Waals surface area contributed by atoms with E-state index in [9.17, 15) is 0 Å². The van der Waals surface area contributed by atoms with Gasteiger partial charge in [-0.05, 0) is 62.5 Å². The highest BCUT2D eigenvalue weighted by molar-refractivity contribution is 5.17. The molecule has 2 fully saturated rings. The van der Waals surface area contributed by atoms with Crippen LogP contribution < -0.4 is 5.32 Å². The predicted molar refractivity (Wildman–Crippen MR) is 110 cm³/mol. The smallest absolute Gasteiger partial charge is 0.0401 e. The molecule has 1 N–H and O–H groups in total. The average Bonchev–Trinajstić information content (AvgIpc) is 3.08. The molecule has 2 aliphatic heterocycles. The van der Waals surface area contributed by atoms with Gasteiger partial charge in [-0.2, -0.15) is 0 Å². The van der Waals surface area contributed by atoms with Gasteiger partial charge in [-0.3, -0.25) is 14.8 Å². The van der Waals surface area contributed by atoms with Gasteiger partial charge in [0.15, 0.2) is 0 Å². The average molecular weight is 365 g/mol. The molecular formula is C23H32N4. The summed E-state index contributed by atoms with van der Waals surface area (Å²) in [6, 6.07) is 16.3. The first-order valence-corrected chi connectivity index (χ1v) is 10.4. The molecule has 1 aromatic heterocycles. The van der Waals surface area contributed by atoms with Crippen molar-refractivity contribution >= 4 is 0 Å². The van der Waals surface area contributed by atoms with Crippen LogP contribution >= 0.6 is 0 Å². The Labute approximate surface area is 163 Å². The van der Waals surface area contributed by atoms with E-state index in [-0.39, 0.29) is 0 Å². The zero-order chi connectivity index (χ0) is 18.5. The first-order valence-electron chi connectivity index (χ1n) is 10.4. The molecule has 27 heavy (non-hydrogen) atoms. The van der Waals surface area contributed by atoms with Crippen molar-refractivity contribution in [2.24, 2.45) is 5.92 Å². The lowest BCUT2D eigenvalue weighted by molar-refractivity contribution is 0.176. The van der Waals surface area contributed by atoms with Crippen molar-refractivity contribution < 1.29 is 0 Å². The summed E-state index contributed by atoms with van der Waals surface area (Å²) in [5.41, 5.74) is 2.78. The largest absolute Gasteiger partial charge is 0.312 e. The zero-order valence-electron chi connectivity index (χ0n) is 16.4. The molecule has 3 heterocycles. The van der Waals surface area contributed by atoms with Gasteiger partial charge in [0.05, 0.1) is 0 Å². The molecular weight excluding hydrogens is 332 g/mol. The Morgan fingerprint density at radius 3 is 2.78 bits per heavy atom. The second kappa shape index (κ2) is 8.96. The number of aromatic nitrogens is 1. The van der Waals surface area contributed by atoms with Crippen LogP contribution in [0.25, 0.3) is 0 Å². The van der Waals surface area contributed by atoms with E-state index in [1.807, 2.05) is 12.4 Å². The van der Waals surface area contributed by atoms with E-state index in [2.05, 4.69) is 69.6 Å². The molecule has 0 bridgehead atoms. The zero-order valence-corrected chi connectivity index (χ0v) is 16.4. The topological polar surface area (TPSA) is 31.4 Å². The second-order valence-corrected chi connectivity index (χ2v) is 8.23. The van der Waals surface area contributed by atoms with Crippen LogP contribution in [-0.2, 0) is 6.54 Å². The highest BCUT2D eigenvalue weighted by Crippen LogP contribution is 2.35. The van der Waals surface area contributed by atoms with Crippen LogP contribution in [-0.4, -0.2) is 54.1 Å². The minimum Gasteiger partial charge on any atom is -0.312 e. The van der Waals surface area contributed by atoms with Gasteiger partial charge in [0.1, 0.15) is 0 Å². The van der Waals surface area contributed by atoms with E-state index in [0.717, 1.165) is 19.6 Å². The van der Waals surface area contributed by atoms with E-state index in [1.165, 1.54) is 43.5 Å². The highest BCUT2D eigenvalue weighted by atomic mass is 15.2. The Balaban J connectivity index is 1.31. The number of hydrogen-bond acceptors (Lipinski definition) is 4. The highest BCUT2D eigenvalue weighted by Gasteiger charge is 2.33. The van der Waals surface area contributed by atoms with E-state index in [4.69, 9.17) is 0 Å². The molecule has 0 spiro atoms. The van der Waals surface area contributed by atoms with Gasteiger partial charge in [-0.1, -0.05) is 36.4 Å². The summed E-state index contributed by atoms with van der Waals surface area (Å²) in [6.45, 7) is 5.74. The van der Waals surface area contributed by atoms with Gasteiger partial charge in [0, 0.05) is 44.1 Å². The van der Waals surface area contributed by atoms with Crippen molar-refractivity contribution in [3.05, 3.63) is 66.0 Å². The predicted octanol–water partition coefficient (Wildman–Crippen LogP) is 3.33. The number of nitrogens with zero attached hydrogens (tertiary/aromatic N) is 3. The van der Waals surface area contributed by atoms with E-state index >= 15 is 0 Å². The molecule has 0 radical (unpaired) electrons. The number of hydrogen-bond donors (Lipinski definition) is 1. The Morgan fingerprint density at radius 1 is 1.07 bits per heavy atom. The fraction of sp³-hybridized carbons (Fsp3) is 0.522. The van der Waals surface area contributed by atoms with Crippen LogP contribution in [0, 0.1) is 5.92 Å². The van der Waals surface area contributed by atoms with E-state index in [1.54, 1.807) is 0 Å². The molecule has 4 heteroatoms. The fourth-order valence-corrected chi connectivity index (χ4v) is 4.84. The van der Waals surface area contributed by atoms with E-state index in [0.29, 0.717) is 18.0 Å². The summed E-state index contributed by atoms with van der Waals surface area (Å²) in [5, 5.41) is 3.91. The van der Waals surface area contributed by atoms with Gasteiger partial charge >= 0.3 is 0 Å². The van der Waals surface area contributed by atoms with Gasteiger partial charge in [0.2, 0.25) is 0 Å². The van der Waals surface area contributed by atoms with Gasteiger partial charge < -0.3 is 5.32 Å². The summed E-state index contributed by atoms with van der Waals surface area (Å²) in [5.74, 6) is 0.670. The van der Waals surface area contributed by atoms with Gasteiger partial charge in [-0.15, -0.1) is 0 Å². The second-order valence-electron chi connectivity index (χ2n) is 8.23. The molecule has 2 aliphatic rings. The van der Waals surface area contributed by atoms with Gasteiger partial charge in [0.25, 0.3) is 0 Å². The fourth-order valence-electron chi connectivity index (χ4n) is 4.84. The van der Waals surface area contributed by atoms with Crippen LogP contribution in [0.5, 0.6) is 0 Å². The van der Waals surface area contributed by atoms with Crippen LogP contribution in [0.4, 0.5) is 0 Å². The minimum atomic E-state index is 0.496. The number of piperidine rings is 1. The molecule has 4 rings (SSSR count). The first-order chi connectivity index (χ1) is 13.3. The molecule has 2 aromatic rings. The van der Waals surface area contributed by atoms with Crippen LogP contribution in [0.1, 0.15) is 36.4 Å². The number of rotatable bonds is 6. The molecule has 0 aliphatic carbocycles. The lowest BCUT2D eigenvalue weighted by Crippen LogP contribution is -2.46. The molecule has 0 unspecified atom stereocenters. The summed E-state index contributed by atoms with van der Waals surface area (Å²) >= 11 is 0. The number of nitrogens with one attached hydrogen (secondary N) is 1. The Kier molecular flexibility index (Phi) is 6.17. The molecule has 2 saturated heterocycles. The Bertz CT molecular complexity index is 690. The van der Waals surface area contributed by atoms with Crippen molar-refractivity contribution in [3.8, 4) is 0 Å².